The van der Waals surface area contributed by atoms with E-state index >= 15 is 0 Å². The van der Waals surface area contributed by atoms with Gasteiger partial charge in [-0.05, 0) is 31.5 Å². The molecule has 0 N–H and O–H groups in total. The van der Waals surface area contributed by atoms with Gasteiger partial charge in [-0.15, -0.1) is 0 Å². The van der Waals surface area contributed by atoms with Crippen LogP contribution in [0.2, 0.25) is 0 Å². The Hall–Kier alpha value is -2.29. The van der Waals surface area contributed by atoms with Crippen molar-refractivity contribution in [2.75, 3.05) is 6.61 Å². The Morgan fingerprint density at radius 3 is 2.50 bits per heavy atom. The quantitative estimate of drug-likeness (QED) is 0.743. The summed E-state index contributed by atoms with van der Waals surface area (Å²) in [6.07, 6.45) is 0.631. The molecule has 1 atom stereocenters. The lowest BCUT2D eigenvalue weighted by Crippen LogP contribution is -2.06. The molecule has 104 valence electrons. The van der Waals surface area contributed by atoms with Crippen molar-refractivity contribution in [1.82, 2.24) is 0 Å². The number of carbonyl (C=O) groups excluding carboxylic acids is 1. The van der Waals surface area contributed by atoms with Crippen LogP contribution in [0, 0.1) is 0 Å². The van der Waals surface area contributed by atoms with E-state index in [1.165, 1.54) is 0 Å². The Morgan fingerprint density at radius 1 is 1.10 bits per heavy atom. The molecular weight excluding hydrogens is 252 g/mol. The molecule has 0 saturated carbocycles. The number of hydrogen-bond acceptors (Lipinski definition) is 3. The van der Waals surface area contributed by atoms with E-state index in [1.807, 2.05) is 50.2 Å². The highest BCUT2D eigenvalue weighted by Crippen LogP contribution is 2.34. The number of para-hydroxylation sites is 1. The van der Waals surface area contributed by atoms with Gasteiger partial charge in [0.25, 0.3) is 0 Å². The average Bonchev–Trinajstić information content (AvgIpc) is 2.50. The molecule has 2 rings (SSSR count). The fourth-order valence-electron chi connectivity index (χ4n) is 1.99. The Balaban J connectivity index is 2.29. The zero-order chi connectivity index (χ0) is 14.4. The SMILES string of the molecule is CCOc1cccc(C=O)c1OC(C)c1ccccc1. The van der Waals surface area contributed by atoms with Crippen molar-refractivity contribution in [2.24, 2.45) is 0 Å². The average molecular weight is 270 g/mol. The molecule has 0 amide bonds. The number of rotatable bonds is 6. The first-order chi connectivity index (χ1) is 9.76. The fourth-order valence-corrected chi connectivity index (χ4v) is 1.99. The summed E-state index contributed by atoms with van der Waals surface area (Å²) < 4.78 is 11.5. The molecule has 0 saturated heterocycles. The van der Waals surface area contributed by atoms with Crippen molar-refractivity contribution in [3.05, 3.63) is 59.7 Å². The van der Waals surface area contributed by atoms with Crippen LogP contribution in [0.15, 0.2) is 48.5 Å². The summed E-state index contributed by atoms with van der Waals surface area (Å²) in [7, 11) is 0. The lowest BCUT2D eigenvalue weighted by molar-refractivity contribution is 0.111. The third-order valence-electron chi connectivity index (χ3n) is 3.00. The minimum absolute atomic E-state index is 0.156. The number of carbonyl (C=O) groups is 1. The molecule has 3 nitrogen and oxygen atoms in total. The molecule has 0 heterocycles. The predicted octanol–water partition coefficient (Wildman–Crippen LogP) is 4.04. The molecule has 0 aliphatic carbocycles. The van der Waals surface area contributed by atoms with Crippen molar-refractivity contribution < 1.29 is 14.3 Å². The van der Waals surface area contributed by atoms with Gasteiger partial charge < -0.3 is 9.47 Å². The predicted molar refractivity (Wildman–Crippen MR) is 78.5 cm³/mol. The number of hydrogen-bond donors (Lipinski definition) is 0. The molecule has 1 unspecified atom stereocenters. The Kier molecular flexibility index (Phi) is 4.77. The van der Waals surface area contributed by atoms with E-state index in [2.05, 4.69) is 0 Å². The molecule has 0 fully saturated rings. The van der Waals surface area contributed by atoms with E-state index in [-0.39, 0.29) is 6.10 Å². The van der Waals surface area contributed by atoms with Crippen LogP contribution in [0.5, 0.6) is 11.5 Å². The highest BCUT2D eigenvalue weighted by Gasteiger charge is 2.15. The number of benzene rings is 2. The second-order valence-electron chi connectivity index (χ2n) is 4.40. The van der Waals surface area contributed by atoms with Crippen molar-refractivity contribution in [3.63, 3.8) is 0 Å². The van der Waals surface area contributed by atoms with E-state index < -0.39 is 0 Å². The van der Waals surface area contributed by atoms with E-state index in [4.69, 9.17) is 9.47 Å². The van der Waals surface area contributed by atoms with E-state index in [0.717, 1.165) is 11.8 Å². The molecule has 0 aromatic heterocycles. The topological polar surface area (TPSA) is 35.5 Å². The third kappa shape index (κ3) is 3.18. The molecule has 0 bridgehead atoms. The van der Waals surface area contributed by atoms with Crippen molar-refractivity contribution in [1.29, 1.82) is 0 Å². The van der Waals surface area contributed by atoms with Gasteiger partial charge in [-0.1, -0.05) is 36.4 Å². The highest BCUT2D eigenvalue weighted by molar-refractivity contribution is 5.81. The van der Waals surface area contributed by atoms with Crippen LogP contribution in [-0.4, -0.2) is 12.9 Å². The van der Waals surface area contributed by atoms with Gasteiger partial charge >= 0.3 is 0 Å². The fraction of sp³-hybridized carbons (Fsp3) is 0.235. The van der Waals surface area contributed by atoms with Gasteiger partial charge in [0.1, 0.15) is 6.10 Å². The third-order valence-corrected chi connectivity index (χ3v) is 3.00. The van der Waals surface area contributed by atoms with Gasteiger partial charge in [-0.3, -0.25) is 4.79 Å². The van der Waals surface area contributed by atoms with Gasteiger partial charge in [0.2, 0.25) is 0 Å². The molecule has 2 aromatic carbocycles. The zero-order valence-corrected chi connectivity index (χ0v) is 11.7. The van der Waals surface area contributed by atoms with E-state index in [1.54, 1.807) is 12.1 Å². The lowest BCUT2D eigenvalue weighted by Gasteiger charge is -2.19. The first-order valence-electron chi connectivity index (χ1n) is 6.68. The van der Waals surface area contributed by atoms with Crippen molar-refractivity contribution in [3.8, 4) is 11.5 Å². The summed E-state index contributed by atoms with van der Waals surface area (Å²) in [5.74, 6) is 1.10. The maximum absolute atomic E-state index is 11.2. The normalized spacial score (nSPS) is 11.7. The van der Waals surface area contributed by atoms with Gasteiger partial charge in [0.05, 0.1) is 12.2 Å². The summed E-state index contributed by atoms with van der Waals surface area (Å²) in [5.41, 5.74) is 1.55. The highest BCUT2D eigenvalue weighted by atomic mass is 16.5. The lowest BCUT2D eigenvalue weighted by atomic mass is 10.1. The summed E-state index contributed by atoms with van der Waals surface area (Å²) in [4.78, 5) is 11.2. The van der Waals surface area contributed by atoms with Crippen molar-refractivity contribution >= 4 is 6.29 Å². The molecule has 0 aliphatic rings. The zero-order valence-electron chi connectivity index (χ0n) is 11.7. The van der Waals surface area contributed by atoms with Crippen LogP contribution >= 0.6 is 0 Å². The van der Waals surface area contributed by atoms with Gasteiger partial charge in [-0.25, -0.2) is 0 Å². The van der Waals surface area contributed by atoms with Crippen molar-refractivity contribution in [2.45, 2.75) is 20.0 Å². The Bertz CT molecular complexity index is 564. The van der Waals surface area contributed by atoms with E-state index in [0.29, 0.717) is 23.7 Å². The summed E-state index contributed by atoms with van der Waals surface area (Å²) >= 11 is 0. The summed E-state index contributed by atoms with van der Waals surface area (Å²) in [6, 6.07) is 15.2. The van der Waals surface area contributed by atoms with Crippen LogP contribution in [0.3, 0.4) is 0 Å². The second-order valence-corrected chi connectivity index (χ2v) is 4.40. The molecular formula is C17H18O3. The van der Waals surface area contributed by atoms with Crippen LogP contribution < -0.4 is 9.47 Å². The Morgan fingerprint density at radius 2 is 1.85 bits per heavy atom. The number of ether oxygens (including phenoxy) is 2. The minimum Gasteiger partial charge on any atom is -0.490 e. The molecule has 0 aliphatic heterocycles. The second kappa shape index (κ2) is 6.75. The summed E-state index contributed by atoms with van der Waals surface area (Å²) in [6.45, 7) is 4.38. The largest absolute Gasteiger partial charge is 0.490 e. The molecule has 20 heavy (non-hydrogen) atoms. The van der Waals surface area contributed by atoms with Crippen LogP contribution in [0.25, 0.3) is 0 Å². The number of aldehydes is 1. The first-order valence-corrected chi connectivity index (χ1v) is 6.68. The Labute approximate surface area is 119 Å². The maximum atomic E-state index is 11.2. The van der Waals surface area contributed by atoms with E-state index in [9.17, 15) is 4.79 Å². The van der Waals surface area contributed by atoms with Gasteiger partial charge in [-0.2, -0.15) is 0 Å². The smallest absolute Gasteiger partial charge is 0.172 e. The van der Waals surface area contributed by atoms with Gasteiger partial charge in [0.15, 0.2) is 17.8 Å². The minimum atomic E-state index is -0.156. The van der Waals surface area contributed by atoms with Crippen LogP contribution in [-0.2, 0) is 0 Å². The summed E-state index contributed by atoms with van der Waals surface area (Å²) in [5, 5.41) is 0. The van der Waals surface area contributed by atoms with Crippen LogP contribution in [0.1, 0.15) is 35.9 Å². The van der Waals surface area contributed by atoms with Crippen LogP contribution in [0.4, 0.5) is 0 Å². The first kappa shape index (κ1) is 14.1. The monoisotopic (exact) mass is 270 g/mol. The standard InChI is InChI=1S/C17H18O3/c1-3-19-16-11-7-10-15(12-18)17(16)20-13(2)14-8-5-4-6-9-14/h4-13H,3H2,1-2H3. The maximum Gasteiger partial charge on any atom is 0.172 e. The molecule has 0 spiro atoms. The van der Waals surface area contributed by atoms with Gasteiger partial charge in [0, 0.05) is 0 Å². The molecule has 2 aromatic rings. The molecule has 3 heteroatoms. The molecule has 0 radical (unpaired) electrons.